The third kappa shape index (κ3) is 2.44. The van der Waals surface area contributed by atoms with Crippen molar-refractivity contribution in [3.8, 4) is 11.3 Å². The highest BCUT2D eigenvalue weighted by molar-refractivity contribution is 6.32. The Morgan fingerprint density at radius 1 is 0.895 bits per heavy atom. The fourth-order valence-corrected chi connectivity index (χ4v) is 2.32. The van der Waals surface area contributed by atoms with Gasteiger partial charge in [0.05, 0.1) is 11.2 Å². The van der Waals surface area contributed by atoms with E-state index in [0.29, 0.717) is 0 Å². The van der Waals surface area contributed by atoms with Crippen LogP contribution in [0.15, 0.2) is 48.5 Å². The first kappa shape index (κ1) is 12.5. The molecule has 3 aromatic rings. The summed E-state index contributed by atoms with van der Waals surface area (Å²) in [5, 5.41) is 2.57. The number of fused-ring (bicyclic) bond motifs is 1. The highest BCUT2D eigenvalue weighted by Crippen LogP contribution is 2.26. The van der Waals surface area contributed by atoms with E-state index in [-0.39, 0.29) is 0 Å². The second-order valence-corrected chi connectivity index (χ2v) is 5.34. The van der Waals surface area contributed by atoms with E-state index in [1.54, 1.807) is 0 Å². The topological polar surface area (TPSA) is 12.9 Å². The SMILES string of the molecule is Cc1cc2ccc(-c3ccc(Cl)cc3)nc2cc1Cl. The van der Waals surface area contributed by atoms with E-state index in [1.807, 2.05) is 43.3 Å². The molecule has 0 bridgehead atoms. The number of hydrogen-bond acceptors (Lipinski definition) is 1. The van der Waals surface area contributed by atoms with Crippen LogP contribution in [0.5, 0.6) is 0 Å². The summed E-state index contributed by atoms with van der Waals surface area (Å²) in [6.07, 6.45) is 0. The second-order valence-electron chi connectivity index (χ2n) is 4.50. The maximum atomic E-state index is 6.15. The van der Waals surface area contributed by atoms with Gasteiger partial charge in [-0.05, 0) is 42.8 Å². The smallest absolute Gasteiger partial charge is 0.0724 e. The van der Waals surface area contributed by atoms with Crippen LogP contribution >= 0.6 is 23.2 Å². The van der Waals surface area contributed by atoms with Gasteiger partial charge in [0, 0.05) is 21.0 Å². The molecule has 0 radical (unpaired) electrons. The largest absolute Gasteiger partial charge is 0.248 e. The molecule has 0 atom stereocenters. The molecule has 0 amide bonds. The van der Waals surface area contributed by atoms with Crippen LogP contribution in [0.4, 0.5) is 0 Å². The van der Waals surface area contributed by atoms with E-state index in [0.717, 1.165) is 37.8 Å². The van der Waals surface area contributed by atoms with Gasteiger partial charge in [-0.1, -0.05) is 41.4 Å². The Morgan fingerprint density at radius 2 is 1.63 bits per heavy atom. The predicted octanol–water partition coefficient (Wildman–Crippen LogP) is 5.52. The van der Waals surface area contributed by atoms with Gasteiger partial charge in [-0.25, -0.2) is 4.98 Å². The number of rotatable bonds is 1. The van der Waals surface area contributed by atoms with E-state index in [9.17, 15) is 0 Å². The van der Waals surface area contributed by atoms with E-state index in [4.69, 9.17) is 23.2 Å². The zero-order valence-corrected chi connectivity index (χ0v) is 11.8. The first-order valence-corrected chi connectivity index (χ1v) is 6.72. The molecule has 3 heteroatoms. The minimum absolute atomic E-state index is 0.725. The van der Waals surface area contributed by atoms with Crippen LogP contribution in [0.2, 0.25) is 10.0 Å². The van der Waals surface area contributed by atoms with Gasteiger partial charge in [-0.2, -0.15) is 0 Å². The number of benzene rings is 2. The summed E-state index contributed by atoms with van der Waals surface area (Å²) in [4.78, 5) is 4.65. The molecule has 1 aromatic heterocycles. The standard InChI is InChI=1S/C16H11Cl2N/c1-10-8-12-4-7-15(19-16(12)9-14(10)18)11-2-5-13(17)6-3-11/h2-9H,1H3. The van der Waals surface area contributed by atoms with Gasteiger partial charge in [-0.15, -0.1) is 0 Å². The predicted molar refractivity (Wildman–Crippen MR) is 81.9 cm³/mol. The van der Waals surface area contributed by atoms with Gasteiger partial charge in [0.1, 0.15) is 0 Å². The number of hydrogen-bond donors (Lipinski definition) is 0. The molecule has 0 saturated heterocycles. The molecule has 0 saturated carbocycles. The molecule has 3 rings (SSSR count). The van der Waals surface area contributed by atoms with Crippen LogP contribution in [0.3, 0.4) is 0 Å². The Labute approximate surface area is 121 Å². The van der Waals surface area contributed by atoms with Gasteiger partial charge in [0.15, 0.2) is 0 Å². The van der Waals surface area contributed by atoms with Crippen molar-refractivity contribution < 1.29 is 0 Å². The zero-order chi connectivity index (χ0) is 13.4. The fraction of sp³-hybridized carbons (Fsp3) is 0.0625. The lowest BCUT2D eigenvalue weighted by atomic mass is 10.1. The quantitative estimate of drug-likeness (QED) is 0.574. The molecule has 1 nitrogen and oxygen atoms in total. The van der Waals surface area contributed by atoms with Crippen molar-refractivity contribution in [1.82, 2.24) is 4.98 Å². The Hall–Kier alpha value is -1.57. The monoisotopic (exact) mass is 287 g/mol. The summed E-state index contributed by atoms with van der Waals surface area (Å²) >= 11 is 12.0. The molecule has 94 valence electrons. The molecular formula is C16H11Cl2N. The average molecular weight is 288 g/mol. The molecular weight excluding hydrogens is 277 g/mol. The summed E-state index contributed by atoms with van der Waals surface area (Å²) in [5.41, 5.74) is 3.94. The molecule has 1 heterocycles. The van der Waals surface area contributed by atoms with Crippen molar-refractivity contribution in [1.29, 1.82) is 0 Å². The van der Waals surface area contributed by atoms with E-state index < -0.39 is 0 Å². The van der Waals surface area contributed by atoms with Crippen molar-refractivity contribution >= 4 is 34.1 Å². The van der Waals surface area contributed by atoms with Gasteiger partial charge < -0.3 is 0 Å². The molecule has 0 aliphatic carbocycles. The minimum Gasteiger partial charge on any atom is -0.248 e. The molecule has 0 spiro atoms. The molecule has 0 aliphatic heterocycles. The van der Waals surface area contributed by atoms with Crippen molar-refractivity contribution in [2.24, 2.45) is 0 Å². The van der Waals surface area contributed by atoms with Crippen LogP contribution < -0.4 is 0 Å². The van der Waals surface area contributed by atoms with Gasteiger partial charge >= 0.3 is 0 Å². The van der Waals surface area contributed by atoms with Gasteiger partial charge in [0.25, 0.3) is 0 Å². The Morgan fingerprint density at radius 3 is 2.37 bits per heavy atom. The van der Waals surface area contributed by atoms with E-state index in [2.05, 4.69) is 17.1 Å². The summed E-state index contributed by atoms with van der Waals surface area (Å²) in [5.74, 6) is 0. The molecule has 0 fully saturated rings. The normalized spacial score (nSPS) is 10.9. The van der Waals surface area contributed by atoms with Crippen molar-refractivity contribution in [2.45, 2.75) is 6.92 Å². The van der Waals surface area contributed by atoms with Crippen LogP contribution in [0, 0.1) is 6.92 Å². The Kier molecular flexibility index (Phi) is 3.17. The molecule has 19 heavy (non-hydrogen) atoms. The van der Waals surface area contributed by atoms with Crippen LogP contribution in [-0.2, 0) is 0 Å². The highest BCUT2D eigenvalue weighted by atomic mass is 35.5. The third-order valence-corrected chi connectivity index (χ3v) is 3.77. The average Bonchev–Trinajstić information content (AvgIpc) is 2.40. The second kappa shape index (κ2) is 4.84. The first-order chi connectivity index (χ1) is 9.13. The molecule has 0 unspecified atom stereocenters. The van der Waals surface area contributed by atoms with Crippen LogP contribution in [0.1, 0.15) is 5.56 Å². The number of halogens is 2. The summed E-state index contributed by atoms with van der Waals surface area (Å²) < 4.78 is 0. The molecule has 2 aromatic carbocycles. The number of pyridine rings is 1. The maximum Gasteiger partial charge on any atom is 0.0724 e. The lowest BCUT2D eigenvalue weighted by molar-refractivity contribution is 1.38. The van der Waals surface area contributed by atoms with Crippen LogP contribution in [0.25, 0.3) is 22.2 Å². The molecule has 0 N–H and O–H groups in total. The van der Waals surface area contributed by atoms with Crippen LogP contribution in [-0.4, -0.2) is 4.98 Å². The first-order valence-electron chi connectivity index (χ1n) is 5.96. The van der Waals surface area contributed by atoms with Crippen molar-refractivity contribution in [3.63, 3.8) is 0 Å². The van der Waals surface area contributed by atoms with Gasteiger partial charge in [0.2, 0.25) is 0 Å². The fourth-order valence-electron chi connectivity index (χ4n) is 2.04. The van der Waals surface area contributed by atoms with Crippen molar-refractivity contribution in [3.05, 3.63) is 64.1 Å². The zero-order valence-electron chi connectivity index (χ0n) is 10.3. The minimum atomic E-state index is 0.725. The maximum absolute atomic E-state index is 6.15. The van der Waals surface area contributed by atoms with E-state index in [1.165, 1.54) is 0 Å². The van der Waals surface area contributed by atoms with E-state index >= 15 is 0 Å². The summed E-state index contributed by atoms with van der Waals surface area (Å²) in [7, 11) is 0. The number of aryl methyl sites for hydroxylation is 1. The van der Waals surface area contributed by atoms with Crippen molar-refractivity contribution in [2.75, 3.05) is 0 Å². The molecule has 0 aliphatic rings. The summed E-state index contributed by atoms with van der Waals surface area (Å²) in [6.45, 7) is 1.99. The number of nitrogens with zero attached hydrogens (tertiary/aromatic N) is 1. The Bertz CT molecular complexity index is 749. The lowest BCUT2D eigenvalue weighted by Crippen LogP contribution is -1.86. The Balaban J connectivity index is 2.16. The lowest BCUT2D eigenvalue weighted by Gasteiger charge is -2.05. The summed E-state index contributed by atoms with van der Waals surface area (Å²) in [6, 6.07) is 15.7. The third-order valence-electron chi connectivity index (χ3n) is 3.11. The van der Waals surface area contributed by atoms with Gasteiger partial charge in [-0.3, -0.25) is 0 Å². The number of aromatic nitrogens is 1. The highest BCUT2D eigenvalue weighted by Gasteiger charge is 2.04.